The SMILES string of the molecule is CC[C@H](Cn1nc(-c2ccoc2C)oc1=O)NC(=O)C1CCCC1. The summed E-state index contributed by atoms with van der Waals surface area (Å²) in [6.45, 7) is 4.06. The molecule has 24 heavy (non-hydrogen) atoms. The number of rotatable bonds is 6. The molecule has 2 aromatic heterocycles. The Bertz CT molecular complexity index is 752. The summed E-state index contributed by atoms with van der Waals surface area (Å²) in [5.74, 6) is 0.548. The molecule has 7 heteroatoms. The largest absolute Gasteiger partial charge is 0.469 e. The van der Waals surface area contributed by atoms with Crippen LogP contribution in [0.25, 0.3) is 11.5 Å². The molecule has 1 fully saturated rings. The summed E-state index contributed by atoms with van der Waals surface area (Å²) in [4.78, 5) is 24.3. The molecule has 1 aliphatic rings. The lowest BCUT2D eigenvalue weighted by Gasteiger charge is -2.18. The lowest BCUT2D eigenvalue weighted by molar-refractivity contribution is -0.125. The molecule has 0 aromatic carbocycles. The van der Waals surface area contributed by atoms with E-state index < -0.39 is 5.76 Å². The average Bonchev–Trinajstić information content (AvgIpc) is 3.28. The number of aromatic nitrogens is 2. The number of nitrogens with one attached hydrogen (secondary N) is 1. The molecule has 7 nitrogen and oxygen atoms in total. The fourth-order valence-electron chi connectivity index (χ4n) is 3.13. The van der Waals surface area contributed by atoms with E-state index in [4.69, 9.17) is 8.83 Å². The molecule has 0 spiro atoms. The Labute approximate surface area is 140 Å². The van der Waals surface area contributed by atoms with Gasteiger partial charge in [-0.05, 0) is 32.3 Å². The highest BCUT2D eigenvalue weighted by Gasteiger charge is 2.25. The molecular formula is C17H23N3O4. The van der Waals surface area contributed by atoms with E-state index in [9.17, 15) is 9.59 Å². The van der Waals surface area contributed by atoms with Gasteiger partial charge in [-0.1, -0.05) is 19.8 Å². The van der Waals surface area contributed by atoms with Gasteiger partial charge in [0.05, 0.1) is 18.4 Å². The number of carbonyl (C=O) groups is 1. The van der Waals surface area contributed by atoms with Crippen molar-refractivity contribution < 1.29 is 13.6 Å². The van der Waals surface area contributed by atoms with Crippen molar-refractivity contribution in [1.29, 1.82) is 0 Å². The first-order valence-corrected chi connectivity index (χ1v) is 8.51. The Morgan fingerprint density at radius 1 is 1.46 bits per heavy atom. The van der Waals surface area contributed by atoms with Gasteiger partial charge in [-0.2, -0.15) is 4.68 Å². The summed E-state index contributed by atoms with van der Waals surface area (Å²) < 4.78 is 11.7. The Morgan fingerprint density at radius 2 is 2.21 bits per heavy atom. The van der Waals surface area contributed by atoms with E-state index in [1.165, 1.54) is 10.9 Å². The van der Waals surface area contributed by atoms with Gasteiger partial charge in [0.25, 0.3) is 5.89 Å². The number of furan rings is 1. The van der Waals surface area contributed by atoms with Crippen LogP contribution in [0.2, 0.25) is 0 Å². The number of nitrogens with zero attached hydrogens (tertiary/aromatic N) is 2. The maximum absolute atomic E-state index is 12.3. The number of aryl methyl sites for hydroxylation is 1. The Morgan fingerprint density at radius 3 is 2.83 bits per heavy atom. The van der Waals surface area contributed by atoms with Gasteiger partial charge in [-0.15, -0.1) is 5.10 Å². The maximum Gasteiger partial charge on any atom is 0.437 e. The molecule has 0 saturated heterocycles. The highest BCUT2D eigenvalue weighted by molar-refractivity contribution is 5.79. The summed E-state index contributed by atoms with van der Waals surface area (Å²) in [6, 6.07) is 1.57. The molecule has 1 saturated carbocycles. The molecule has 1 amide bonds. The minimum absolute atomic E-state index is 0.0850. The fourth-order valence-corrected chi connectivity index (χ4v) is 3.13. The molecule has 2 aromatic rings. The monoisotopic (exact) mass is 333 g/mol. The molecule has 0 aliphatic heterocycles. The topological polar surface area (TPSA) is 90.3 Å². The van der Waals surface area contributed by atoms with Crippen molar-refractivity contribution in [3.05, 3.63) is 28.6 Å². The highest BCUT2D eigenvalue weighted by Crippen LogP contribution is 2.25. The van der Waals surface area contributed by atoms with Crippen LogP contribution in [0.4, 0.5) is 0 Å². The zero-order valence-corrected chi connectivity index (χ0v) is 14.1. The second-order valence-electron chi connectivity index (χ2n) is 6.34. The van der Waals surface area contributed by atoms with Gasteiger partial charge in [-0.3, -0.25) is 4.79 Å². The van der Waals surface area contributed by atoms with Crippen LogP contribution in [-0.4, -0.2) is 21.7 Å². The number of amides is 1. The van der Waals surface area contributed by atoms with Crippen LogP contribution >= 0.6 is 0 Å². The molecular weight excluding hydrogens is 310 g/mol. The van der Waals surface area contributed by atoms with E-state index >= 15 is 0 Å². The molecule has 1 atom stereocenters. The van der Waals surface area contributed by atoms with E-state index in [1.54, 1.807) is 13.0 Å². The predicted octanol–water partition coefficient (Wildman–Crippen LogP) is 2.49. The van der Waals surface area contributed by atoms with Crippen molar-refractivity contribution >= 4 is 5.91 Å². The van der Waals surface area contributed by atoms with Gasteiger partial charge < -0.3 is 14.2 Å². The molecule has 1 aliphatic carbocycles. The van der Waals surface area contributed by atoms with Crippen LogP contribution in [-0.2, 0) is 11.3 Å². The molecule has 130 valence electrons. The second-order valence-corrected chi connectivity index (χ2v) is 6.34. The van der Waals surface area contributed by atoms with E-state index in [0.29, 0.717) is 17.9 Å². The highest BCUT2D eigenvalue weighted by atomic mass is 16.4. The van der Waals surface area contributed by atoms with Gasteiger partial charge in [0.1, 0.15) is 5.76 Å². The Balaban J connectivity index is 1.69. The first-order chi connectivity index (χ1) is 11.6. The summed E-state index contributed by atoms with van der Waals surface area (Å²) >= 11 is 0. The third kappa shape index (κ3) is 3.44. The van der Waals surface area contributed by atoms with Crippen LogP contribution in [0, 0.1) is 12.8 Å². The van der Waals surface area contributed by atoms with Crippen molar-refractivity contribution in [3.8, 4) is 11.5 Å². The van der Waals surface area contributed by atoms with Crippen molar-refractivity contribution in [2.75, 3.05) is 0 Å². The number of hydrogen-bond donors (Lipinski definition) is 1. The first kappa shape index (κ1) is 16.5. The van der Waals surface area contributed by atoms with Gasteiger partial charge in [-0.25, -0.2) is 4.79 Å². The second kappa shape index (κ2) is 7.07. The predicted molar refractivity (Wildman–Crippen MR) is 87.4 cm³/mol. The van der Waals surface area contributed by atoms with Crippen molar-refractivity contribution in [1.82, 2.24) is 15.1 Å². The summed E-state index contributed by atoms with van der Waals surface area (Å²) in [5.41, 5.74) is 0.661. The molecule has 0 bridgehead atoms. The van der Waals surface area contributed by atoms with Crippen molar-refractivity contribution in [2.24, 2.45) is 5.92 Å². The summed E-state index contributed by atoms with van der Waals surface area (Å²) in [5, 5.41) is 7.27. The van der Waals surface area contributed by atoms with Crippen molar-refractivity contribution in [2.45, 2.75) is 58.5 Å². The number of hydrogen-bond acceptors (Lipinski definition) is 5. The molecule has 1 N–H and O–H groups in total. The van der Waals surface area contributed by atoms with E-state index in [-0.39, 0.29) is 23.8 Å². The lowest BCUT2D eigenvalue weighted by atomic mass is 10.1. The fraction of sp³-hybridized carbons (Fsp3) is 0.588. The van der Waals surface area contributed by atoms with E-state index in [2.05, 4.69) is 10.4 Å². The molecule has 3 rings (SSSR count). The zero-order chi connectivity index (χ0) is 17.1. The quantitative estimate of drug-likeness (QED) is 0.877. The molecule has 2 heterocycles. The van der Waals surface area contributed by atoms with E-state index in [0.717, 1.165) is 32.1 Å². The van der Waals surface area contributed by atoms with Gasteiger partial charge in [0.15, 0.2) is 0 Å². The standard InChI is InChI=1S/C17H23N3O4/c1-3-13(18-15(21)12-6-4-5-7-12)10-20-17(22)24-16(19-20)14-8-9-23-11(14)2/h8-9,12-13H,3-7,10H2,1-2H3,(H,18,21)/t13-/m1/s1. The third-order valence-electron chi connectivity index (χ3n) is 4.65. The Hall–Kier alpha value is -2.31. The third-order valence-corrected chi connectivity index (χ3v) is 4.65. The number of carbonyl (C=O) groups excluding carboxylic acids is 1. The first-order valence-electron chi connectivity index (χ1n) is 8.51. The van der Waals surface area contributed by atoms with Gasteiger partial charge in [0.2, 0.25) is 5.91 Å². The average molecular weight is 333 g/mol. The molecule has 0 unspecified atom stereocenters. The van der Waals surface area contributed by atoms with Crippen LogP contribution in [0.5, 0.6) is 0 Å². The lowest BCUT2D eigenvalue weighted by Crippen LogP contribution is -2.41. The van der Waals surface area contributed by atoms with Crippen LogP contribution < -0.4 is 11.1 Å². The normalized spacial score (nSPS) is 16.4. The summed E-state index contributed by atoms with van der Waals surface area (Å²) in [7, 11) is 0. The van der Waals surface area contributed by atoms with Gasteiger partial charge in [0, 0.05) is 12.0 Å². The molecule has 0 radical (unpaired) electrons. The minimum atomic E-state index is -0.529. The smallest absolute Gasteiger partial charge is 0.437 e. The van der Waals surface area contributed by atoms with Crippen LogP contribution in [0.15, 0.2) is 26.0 Å². The zero-order valence-electron chi connectivity index (χ0n) is 14.1. The summed E-state index contributed by atoms with van der Waals surface area (Å²) in [6.07, 6.45) is 6.39. The Kier molecular flexibility index (Phi) is 4.87. The van der Waals surface area contributed by atoms with Crippen LogP contribution in [0.3, 0.4) is 0 Å². The minimum Gasteiger partial charge on any atom is -0.469 e. The van der Waals surface area contributed by atoms with E-state index in [1.807, 2.05) is 6.92 Å². The van der Waals surface area contributed by atoms with Crippen molar-refractivity contribution in [3.63, 3.8) is 0 Å². The van der Waals surface area contributed by atoms with Crippen LogP contribution in [0.1, 0.15) is 44.8 Å². The maximum atomic E-state index is 12.3. The van der Waals surface area contributed by atoms with Gasteiger partial charge >= 0.3 is 5.76 Å².